The third-order valence-corrected chi connectivity index (χ3v) is 3.88. The maximum atomic E-state index is 12.5. The molecule has 0 fully saturated rings. The Morgan fingerprint density at radius 3 is 2.56 bits per heavy atom. The largest absolute Gasteiger partial charge is 0.478 e. The molecule has 0 bridgehead atoms. The molecule has 5 heteroatoms. The Morgan fingerprint density at radius 2 is 1.96 bits per heavy atom. The second-order valence-corrected chi connectivity index (χ2v) is 5.61. The zero-order chi connectivity index (χ0) is 19.0. The van der Waals surface area contributed by atoms with Crippen molar-refractivity contribution in [3.05, 3.63) is 58.2 Å². The Morgan fingerprint density at radius 1 is 1.28 bits per heavy atom. The summed E-state index contributed by atoms with van der Waals surface area (Å²) in [7, 11) is 1.64. The quantitative estimate of drug-likeness (QED) is 0.830. The topological polar surface area (TPSA) is 74.7 Å². The number of carbonyl (C=O) groups excluding carboxylic acids is 2. The summed E-state index contributed by atoms with van der Waals surface area (Å²) in [5.41, 5.74) is 2.57. The van der Waals surface area contributed by atoms with E-state index in [1.165, 1.54) is 4.90 Å². The van der Waals surface area contributed by atoms with Crippen LogP contribution in [0.3, 0.4) is 0 Å². The van der Waals surface area contributed by atoms with Crippen molar-refractivity contribution in [2.45, 2.75) is 40.2 Å². The van der Waals surface area contributed by atoms with Crippen LogP contribution in [0.25, 0.3) is 0 Å². The summed E-state index contributed by atoms with van der Waals surface area (Å²) in [6.45, 7) is 6.01. The summed E-state index contributed by atoms with van der Waals surface area (Å²) in [4.78, 5) is 36.3. The number of hydrogen-bond donors (Lipinski definition) is 1. The molecule has 0 radical (unpaired) electrons. The number of rotatable bonds is 5. The number of aldehydes is 1. The standard InChI is InChI=1S/C18H19NO4.C2H6/c1-12-7-8-13(9-16(12)18(22)23)10-19(2)17(21)15-6-4-3-5-14(15)11-20;1-2/h4,6-9,11H,3,5,10H2,1-2H3,(H,22,23);1-2H3. The Bertz CT molecular complexity index is 716. The molecule has 134 valence electrons. The van der Waals surface area contributed by atoms with Crippen LogP contribution in [0.5, 0.6) is 0 Å². The molecule has 0 saturated heterocycles. The number of carbonyl (C=O) groups is 3. The van der Waals surface area contributed by atoms with Crippen LogP contribution in [0.15, 0.2) is 41.5 Å². The highest BCUT2D eigenvalue weighted by Gasteiger charge is 2.19. The summed E-state index contributed by atoms with van der Waals surface area (Å²) < 4.78 is 0. The molecule has 0 aromatic heterocycles. The first-order valence-electron chi connectivity index (χ1n) is 8.37. The molecule has 5 nitrogen and oxygen atoms in total. The fourth-order valence-corrected chi connectivity index (χ4v) is 2.56. The van der Waals surface area contributed by atoms with Crippen molar-refractivity contribution < 1.29 is 19.5 Å². The molecule has 0 saturated carbocycles. The minimum absolute atomic E-state index is 0.230. The molecule has 0 unspecified atom stereocenters. The molecule has 1 aromatic rings. The molecule has 1 amide bonds. The van der Waals surface area contributed by atoms with Crippen LogP contribution in [-0.2, 0) is 16.1 Å². The highest BCUT2D eigenvalue weighted by molar-refractivity contribution is 6.01. The van der Waals surface area contributed by atoms with Crippen molar-refractivity contribution in [1.29, 1.82) is 0 Å². The summed E-state index contributed by atoms with van der Waals surface area (Å²) in [6.07, 6.45) is 5.63. The van der Waals surface area contributed by atoms with Crippen molar-refractivity contribution in [3.8, 4) is 0 Å². The van der Waals surface area contributed by atoms with Gasteiger partial charge in [-0.2, -0.15) is 0 Å². The predicted molar refractivity (Wildman–Crippen MR) is 97.4 cm³/mol. The molecule has 0 heterocycles. The zero-order valence-electron chi connectivity index (χ0n) is 15.2. The van der Waals surface area contributed by atoms with E-state index >= 15 is 0 Å². The number of allylic oxidation sites excluding steroid dienone is 2. The lowest BCUT2D eigenvalue weighted by atomic mass is 9.97. The number of aryl methyl sites for hydroxylation is 1. The number of carboxylic acid groups (broad SMARTS) is 1. The van der Waals surface area contributed by atoms with Gasteiger partial charge in [-0.3, -0.25) is 9.59 Å². The molecule has 0 aliphatic heterocycles. The van der Waals surface area contributed by atoms with Crippen LogP contribution >= 0.6 is 0 Å². The summed E-state index contributed by atoms with van der Waals surface area (Å²) in [5.74, 6) is -1.22. The summed E-state index contributed by atoms with van der Waals surface area (Å²) in [5, 5.41) is 9.17. The number of nitrogens with zero attached hydrogens (tertiary/aromatic N) is 1. The van der Waals surface area contributed by atoms with Gasteiger partial charge in [0.2, 0.25) is 0 Å². The van der Waals surface area contributed by atoms with E-state index in [-0.39, 0.29) is 18.0 Å². The Kier molecular flexibility index (Phi) is 7.79. The van der Waals surface area contributed by atoms with E-state index in [1.807, 2.05) is 19.9 Å². The van der Waals surface area contributed by atoms with Gasteiger partial charge in [0, 0.05) is 24.7 Å². The number of aromatic carboxylic acids is 1. The monoisotopic (exact) mass is 343 g/mol. The van der Waals surface area contributed by atoms with E-state index in [4.69, 9.17) is 5.11 Å². The number of hydrogen-bond acceptors (Lipinski definition) is 3. The smallest absolute Gasteiger partial charge is 0.335 e. The maximum absolute atomic E-state index is 12.5. The van der Waals surface area contributed by atoms with Gasteiger partial charge in [0.15, 0.2) is 0 Å². The molecule has 1 aliphatic rings. The van der Waals surface area contributed by atoms with Gasteiger partial charge in [-0.1, -0.05) is 38.1 Å². The van der Waals surface area contributed by atoms with E-state index in [0.717, 1.165) is 18.3 Å². The third-order valence-electron chi connectivity index (χ3n) is 3.88. The zero-order valence-corrected chi connectivity index (χ0v) is 15.2. The highest BCUT2D eigenvalue weighted by atomic mass is 16.4. The fourth-order valence-electron chi connectivity index (χ4n) is 2.56. The molecule has 1 aromatic carbocycles. The van der Waals surface area contributed by atoms with E-state index in [1.54, 1.807) is 38.2 Å². The first kappa shape index (κ1) is 20.4. The van der Waals surface area contributed by atoms with E-state index in [0.29, 0.717) is 23.1 Å². The van der Waals surface area contributed by atoms with Gasteiger partial charge in [0.1, 0.15) is 6.29 Å². The minimum atomic E-state index is -0.987. The van der Waals surface area contributed by atoms with E-state index in [2.05, 4.69) is 0 Å². The van der Waals surface area contributed by atoms with Crippen LogP contribution in [0.2, 0.25) is 0 Å². The van der Waals surface area contributed by atoms with Gasteiger partial charge in [0.25, 0.3) is 5.91 Å². The van der Waals surface area contributed by atoms with Crippen LogP contribution < -0.4 is 0 Å². The van der Waals surface area contributed by atoms with Crippen molar-refractivity contribution >= 4 is 18.2 Å². The average molecular weight is 343 g/mol. The molecule has 2 rings (SSSR count). The van der Waals surface area contributed by atoms with Gasteiger partial charge in [-0.15, -0.1) is 0 Å². The van der Waals surface area contributed by atoms with E-state index in [9.17, 15) is 14.4 Å². The second kappa shape index (κ2) is 9.57. The van der Waals surface area contributed by atoms with Crippen molar-refractivity contribution in [2.75, 3.05) is 7.05 Å². The van der Waals surface area contributed by atoms with Crippen LogP contribution in [0.4, 0.5) is 0 Å². The van der Waals surface area contributed by atoms with Gasteiger partial charge >= 0.3 is 5.97 Å². The predicted octanol–water partition coefficient (Wildman–Crippen LogP) is 3.52. The molecule has 1 N–H and O–H groups in total. The molecular formula is C20H25NO4. The Balaban J connectivity index is 0.00000151. The van der Waals surface area contributed by atoms with Crippen LogP contribution in [-0.4, -0.2) is 35.2 Å². The molecule has 0 spiro atoms. The highest BCUT2D eigenvalue weighted by Crippen LogP contribution is 2.20. The number of amides is 1. The van der Waals surface area contributed by atoms with Gasteiger partial charge < -0.3 is 10.0 Å². The lowest BCUT2D eigenvalue weighted by Crippen LogP contribution is -2.28. The van der Waals surface area contributed by atoms with Crippen LogP contribution in [0.1, 0.15) is 48.2 Å². The summed E-state index contributed by atoms with van der Waals surface area (Å²) >= 11 is 0. The van der Waals surface area contributed by atoms with Crippen LogP contribution in [0, 0.1) is 6.92 Å². The Labute approximate surface area is 148 Å². The van der Waals surface area contributed by atoms with Gasteiger partial charge in [0.05, 0.1) is 5.56 Å². The summed E-state index contributed by atoms with van der Waals surface area (Å²) in [6, 6.07) is 5.11. The van der Waals surface area contributed by atoms with Crippen molar-refractivity contribution in [3.63, 3.8) is 0 Å². The number of carboxylic acids is 1. The number of benzene rings is 1. The SMILES string of the molecule is CC.Cc1ccc(CN(C)C(=O)C2=C(C=O)CCC=C2)cc1C(=O)O. The molecular weight excluding hydrogens is 318 g/mol. The van der Waals surface area contributed by atoms with Gasteiger partial charge in [-0.05, 0) is 37.0 Å². The maximum Gasteiger partial charge on any atom is 0.335 e. The van der Waals surface area contributed by atoms with Crippen molar-refractivity contribution in [1.82, 2.24) is 4.90 Å². The van der Waals surface area contributed by atoms with Gasteiger partial charge in [-0.25, -0.2) is 4.79 Å². The average Bonchev–Trinajstić information content (AvgIpc) is 2.64. The fraction of sp³-hybridized carbons (Fsp3) is 0.350. The lowest BCUT2D eigenvalue weighted by molar-refractivity contribution is -0.126. The first-order chi connectivity index (χ1) is 11.9. The minimum Gasteiger partial charge on any atom is -0.478 e. The Hall–Kier alpha value is -2.69. The molecule has 25 heavy (non-hydrogen) atoms. The van der Waals surface area contributed by atoms with E-state index < -0.39 is 5.97 Å². The number of likely N-dealkylation sites (N-methyl/N-ethyl adjacent to an activating group) is 1. The molecule has 0 atom stereocenters. The molecule has 1 aliphatic carbocycles. The second-order valence-electron chi connectivity index (χ2n) is 5.61. The van der Waals surface area contributed by atoms with Crippen molar-refractivity contribution in [2.24, 2.45) is 0 Å². The lowest BCUT2D eigenvalue weighted by Gasteiger charge is -2.20. The third kappa shape index (κ3) is 5.14. The first-order valence-corrected chi connectivity index (χ1v) is 8.37. The normalized spacial score (nSPS) is 13.0.